The molecule has 0 saturated heterocycles. The third kappa shape index (κ3) is 14.1. The molecule has 0 aromatic carbocycles. The van der Waals surface area contributed by atoms with Gasteiger partial charge in [-0.25, -0.2) is 0 Å². The molecule has 20 heavy (non-hydrogen) atoms. The number of ether oxygens (including phenoxy) is 3. The molecular formula is C13H27NO5S. The van der Waals surface area contributed by atoms with E-state index in [-0.39, 0.29) is 0 Å². The maximum absolute atomic E-state index is 10.5. The Morgan fingerprint density at radius 3 is 2.20 bits per heavy atom. The summed E-state index contributed by atoms with van der Waals surface area (Å²) in [6.07, 6.45) is 2.23. The quantitative estimate of drug-likeness (QED) is 0.436. The standard InChI is InChI=1S/C13H27NO5S/c1-2-3-4-17-5-6-18-7-8-19-9-10-20-11-12(14)13(15)16/h12H,2-11,14H2,1H3,(H,15,16). The Morgan fingerprint density at radius 2 is 1.65 bits per heavy atom. The van der Waals surface area contributed by atoms with Crippen molar-refractivity contribution in [3.63, 3.8) is 0 Å². The monoisotopic (exact) mass is 309 g/mol. The van der Waals surface area contributed by atoms with Gasteiger partial charge in [-0.2, -0.15) is 11.8 Å². The number of hydrogen-bond acceptors (Lipinski definition) is 6. The number of carboxylic acid groups (broad SMARTS) is 1. The Labute approximate surface area is 125 Å². The maximum atomic E-state index is 10.5. The third-order valence-corrected chi connectivity index (χ3v) is 3.42. The molecule has 7 heteroatoms. The molecule has 3 N–H and O–H groups in total. The van der Waals surface area contributed by atoms with E-state index in [0.717, 1.165) is 25.2 Å². The number of nitrogens with two attached hydrogens (primary N) is 1. The summed E-state index contributed by atoms with van der Waals surface area (Å²) in [6.45, 7) is 5.82. The van der Waals surface area contributed by atoms with Crippen molar-refractivity contribution >= 4 is 17.7 Å². The van der Waals surface area contributed by atoms with Crippen LogP contribution < -0.4 is 5.73 Å². The van der Waals surface area contributed by atoms with Crippen molar-refractivity contribution in [2.75, 3.05) is 51.1 Å². The molecule has 120 valence electrons. The van der Waals surface area contributed by atoms with Gasteiger partial charge in [0.15, 0.2) is 0 Å². The zero-order valence-corrected chi connectivity index (χ0v) is 13.0. The average Bonchev–Trinajstić information content (AvgIpc) is 2.43. The second-order valence-electron chi connectivity index (χ2n) is 4.21. The van der Waals surface area contributed by atoms with E-state index in [1.165, 1.54) is 11.8 Å². The van der Waals surface area contributed by atoms with Crippen molar-refractivity contribution in [2.45, 2.75) is 25.8 Å². The Balaban J connectivity index is 3.04. The van der Waals surface area contributed by atoms with Crippen LogP contribution in [-0.2, 0) is 19.0 Å². The van der Waals surface area contributed by atoms with Crippen LogP contribution in [0.2, 0.25) is 0 Å². The second-order valence-corrected chi connectivity index (χ2v) is 5.36. The minimum atomic E-state index is -0.965. The van der Waals surface area contributed by atoms with Gasteiger partial charge in [-0.3, -0.25) is 4.79 Å². The second kappa shape index (κ2) is 15.1. The van der Waals surface area contributed by atoms with Crippen molar-refractivity contribution < 1.29 is 24.1 Å². The lowest BCUT2D eigenvalue weighted by Gasteiger charge is -2.07. The van der Waals surface area contributed by atoms with E-state index in [9.17, 15) is 4.79 Å². The molecule has 0 amide bonds. The van der Waals surface area contributed by atoms with Gasteiger partial charge in [0.25, 0.3) is 0 Å². The zero-order valence-electron chi connectivity index (χ0n) is 12.2. The van der Waals surface area contributed by atoms with Crippen LogP contribution in [0, 0.1) is 0 Å². The predicted octanol–water partition coefficient (Wildman–Crippen LogP) is 0.981. The predicted molar refractivity (Wildman–Crippen MR) is 80.3 cm³/mol. The minimum Gasteiger partial charge on any atom is -0.480 e. The van der Waals surface area contributed by atoms with Crippen LogP contribution in [0.25, 0.3) is 0 Å². The maximum Gasteiger partial charge on any atom is 0.321 e. The lowest BCUT2D eigenvalue weighted by Crippen LogP contribution is -2.32. The molecule has 0 aliphatic carbocycles. The van der Waals surface area contributed by atoms with Crippen LogP contribution in [0.15, 0.2) is 0 Å². The average molecular weight is 309 g/mol. The first-order chi connectivity index (χ1) is 9.68. The molecule has 0 aliphatic rings. The van der Waals surface area contributed by atoms with Gasteiger partial charge in [0, 0.05) is 18.1 Å². The normalized spacial score (nSPS) is 12.5. The van der Waals surface area contributed by atoms with Gasteiger partial charge in [0.2, 0.25) is 0 Å². The molecular weight excluding hydrogens is 282 g/mol. The van der Waals surface area contributed by atoms with Gasteiger partial charge < -0.3 is 25.1 Å². The number of aliphatic carboxylic acids is 1. The molecule has 1 unspecified atom stereocenters. The highest BCUT2D eigenvalue weighted by molar-refractivity contribution is 7.99. The van der Waals surface area contributed by atoms with Gasteiger partial charge >= 0.3 is 5.97 Å². The molecule has 0 aromatic heterocycles. The number of thioether (sulfide) groups is 1. The third-order valence-electron chi connectivity index (χ3n) is 2.37. The molecule has 0 aromatic rings. The fraction of sp³-hybridized carbons (Fsp3) is 0.923. The molecule has 6 nitrogen and oxygen atoms in total. The zero-order chi connectivity index (χ0) is 15.1. The highest BCUT2D eigenvalue weighted by atomic mass is 32.2. The number of rotatable bonds is 15. The Bertz CT molecular complexity index is 231. The molecule has 1 atom stereocenters. The summed E-state index contributed by atoms with van der Waals surface area (Å²) in [5, 5.41) is 8.58. The van der Waals surface area contributed by atoms with E-state index in [0.29, 0.717) is 38.8 Å². The van der Waals surface area contributed by atoms with Crippen molar-refractivity contribution in [2.24, 2.45) is 5.73 Å². The Kier molecular flexibility index (Phi) is 14.8. The summed E-state index contributed by atoms with van der Waals surface area (Å²) in [7, 11) is 0. The van der Waals surface area contributed by atoms with E-state index in [2.05, 4.69) is 6.92 Å². The molecule has 0 rings (SSSR count). The lowest BCUT2D eigenvalue weighted by molar-refractivity contribution is -0.137. The minimum absolute atomic E-state index is 0.407. The number of hydrogen-bond donors (Lipinski definition) is 2. The van der Waals surface area contributed by atoms with E-state index in [1.807, 2.05) is 0 Å². The van der Waals surface area contributed by atoms with Crippen LogP contribution >= 0.6 is 11.8 Å². The van der Waals surface area contributed by atoms with Gasteiger partial charge in [0.05, 0.1) is 33.0 Å². The fourth-order valence-corrected chi connectivity index (χ4v) is 1.99. The molecule has 0 bridgehead atoms. The van der Waals surface area contributed by atoms with Crippen LogP contribution in [0.1, 0.15) is 19.8 Å². The number of carbonyl (C=O) groups is 1. The summed E-state index contributed by atoms with van der Waals surface area (Å²) in [5.74, 6) is 0.179. The first-order valence-electron chi connectivity index (χ1n) is 6.97. The number of carboxylic acids is 1. The SMILES string of the molecule is CCCCOCCOCCOCCSCC(N)C(=O)O. The number of unbranched alkanes of at least 4 members (excludes halogenated alkanes) is 1. The highest BCUT2D eigenvalue weighted by Gasteiger charge is 2.10. The summed E-state index contributed by atoms with van der Waals surface area (Å²) in [6, 6.07) is -0.795. The van der Waals surface area contributed by atoms with Crippen LogP contribution in [-0.4, -0.2) is 68.3 Å². The lowest BCUT2D eigenvalue weighted by atomic mass is 10.4. The van der Waals surface area contributed by atoms with E-state index in [4.69, 9.17) is 25.1 Å². The topological polar surface area (TPSA) is 91.0 Å². The smallest absolute Gasteiger partial charge is 0.321 e. The summed E-state index contributed by atoms with van der Waals surface area (Å²) in [5.41, 5.74) is 5.36. The van der Waals surface area contributed by atoms with Crippen molar-refractivity contribution in [3.05, 3.63) is 0 Å². The molecule has 0 spiro atoms. The summed E-state index contributed by atoms with van der Waals surface area (Å²) >= 11 is 1.48. The van der Waals surface area contributed by atoms with Crippen LogP contribution in [0.3, 0.4) is 0 Å². The van der Waals surface area contributed by atoms with Gasteiger partial charge in [-0.05, 0) is 6.42 Å². The molecule has 0 heterocycles. The van der Waals surface area contributed by atoms with Crippen molar-refractivity contribution in [1.29, 1.82) is 0 Å². The van der Waals surface area contributed by atoms with Crippen molar-refractivity contribution in [3.8, 4) is 0 Å². The summed E-state index contributed by atoms with van der Waals surface area (Å²) in [4.78, 5) is 10.5. The van der Waals surface area contributed by atoms with Crippen LogP contribution in [0.5, 0.6) is 0 Å². The fourth-order valence-electron chi connectivity index (χ4n) is 1.19. The van der Waals surface area contributed by atoms with E-state index in [1.54, 1.807) is 0 Å². The Morgan fingerprint density at radius 1 is 1.10 bits per heavy atom. The molecule has 0 fully saturated rings. The largest absolute Gasteiger partial charge is 0.480 e. The first-order valence-corrected chi connectivity index (χ1v) is 8.13. The van der Waals surface area contributed by atoms with E-state index < -0.39 is 12.0 Å². The van der Waals surface area contributed by atoms with Gasteiger partial charge in [-0.15, -0.1) is 0 Å². The van der Waals surface area contributed by atoms with Gasteiger partial charge in [-0.1, -0.05) is 13.3 Å². The van der Waals surface area contributed by atoms with Crippen molar-refractivity contribution in [1.82, 2.24) is 0 Å². The highest BCUT2D eigenvalue weighted by Crippen LogP contribution is 2.01. The summed E-state index contributed by atoms with van der Waals surface area (Å²) < 4.78 is 16.0. The van der Waals surface area contributed by atoms with Crippen LogP contribution in [0.4, 0.5) is 0 Å². The molecule has 0 saturated carbocycles. The molecule has 0 radical (unpaired) electrons. The van der Waals surface area contributed by atoms with Gasteiger partial charge in [0.1, 0.15) is 6.04 Å². The molecule has 0 aliphatic heterocycles. The Hall–Kier alpha value is -0.340. The van der Waals surface area contributed by atoms with E-state index >= 15 is 0 Å². The first kappa shape index (κ1) is 19.7.